The molecule has 0 aromatic heterocycles. The molecule has 1 aliphatic heterocycles. The van der Waals surface area contributed by atoms with Crippen molar-refractivity contribution in [1.29, 1.82) is 5.26 Å². The van der Waals surface area contributed by atoms with E-state index in [1.165, 1.54) is 24.3 Å². The van der Waals surface area contributed by atoms with Crippen LogP contribution < -0.4 is 0 Å². The van der Waals surface area contributed by atoms with Crippen molar-refractivity contribution >= 4 is 11.6 Å². The highest BCUT2D eigenvalue weighted by Gasteiger charge is 2.38. The van der Waals surface area contributed by atoms with Gasteiger partial charge in [0, 0.05) is 24.4 Å². The van der Waals surface area contributed by atoms with Crippen LogP contribution in [0.2, 0.25) is 0 Å². The first-order valence-electron chi connectivity index (χ1n) is 7.87. The third kappa shape index (κ3) is 4.47. The zero-order chi connectivity index (χ0) is 18.6. The summed E-state index contributed by atoms with van der Waals surface area (Å²) >= 11 is 0. The number of nitrogens with zero attached hydrogens (tertiary/aromatic N) is 3. The number of halogens is 3. The van der Waals surface area contributed by atoms with Gasteiger partial charge in [0.25, 0.3) is 5.91 Å². The number of likely N-dealkylation sites (tertiary alicyclic amines) is 1. The number of alkyl halides is 3. The maximum Gasteiger partial charge on any atom is 0.434 e. The third-order valence-electron chi connectivity index (χ3n) is 4.07. The van der Waals surface area contributed by atoms with Gasteiger partial charge in [0.15, 0.2) is 5.71 Å². The number of hydrogen-bond donors (Lipinski definition) is 0. The van der Waals surface area contributed by atoms with E-state index in [9.17, 15) is 23.2 Å². The normalized spacial score (nSPS) is 16.5. The predicted molar refractivity (Wildman–Crippen MR) is 87.9 cm³/mol. The van der Waals surface area contributed by atoms with Gasteiger partial charge in [0.05, 0.1) is 0 Å². The highest BCUT2D eigenvalue weighted by Crippen LogP contribution is 2.24. The Morgan fingerprint density at radius 1 is 1.20 bits per heavy atom. The van der Waals surface area contributed by atoms with Crippen LogP contribution in [-0.4, -0.2) is 35.8 Å². The van der Waals surface area contributed by atoms with Gasteiger partial charge in [-0.15, -0.1) is 0 Å². The summed E-state index contributed by atoms with van der Waals surface area (Å²) in [6, 6.07) is 7.26. The standard InChI is InChI=1S/C18H18F3N3O/c1-12-5-7-14(8-6-12)16(18(19,20)21)23-17(25)15(11-22)13(2)24-9-3-4-10-24/h5-8H,3-4,9-10H2,1-2H3/b15-13-,23-16?. The monoisotopic (exact) mass is 349 g/mol. The van der Waals surface area contributed by atoms with E-state index in [-0.39, 0.29) is 11.1 Å². The molecule has 0 saturated carbocycles. The minimum atomic E-state index is -4.80. The summed E-state index contributed by atoms with van der Waals surface area (Å²) in [7, 11) is 0. The Labute approximate surface area is 144 Å². The van der Waals surface area contributed by atoms with Crippen LogP contribution in [0.15, 0.2) is 40.5 Å². The molecule has 2 rings (SSSR count). The minimum absolute atomic E-state index is 0.206. The molecule has 1 aromatic carbocycles. The first-order chi connectivity index (χ1) is 11.7. The van der Waals surface area contributed by atoms with E-state index in [0.717, 1.165) is 18.4 Å². The lowest BCUT2D eigenvalue weighted by Crippen LogP contribution is -2.26. The van der Waals surface area contributed by atoms with Gasteiger partial charge in [-0.25, -0.2) is 4.99 Å². The van der Waals surface area contributed by atoms with Crippen LogP contribution in [0.4, 0.5) is 13.2 Å². The molecule has 0 radical (unpaired) electrons. The minimum Gasteiger partial charge on any atom is -0.374 e. The number of amides is 1. The maximum atomic E-state index is 13.3. The molecule has 1 saturated heterocycles. The van der Waals surface area contributed by atoms with Crippen molar-refractivity contribution in [3.05, 3.63) is 46.7 Å². The molecule has 1 amide bonds. The highest BCUT2D eigenvalue weighted by atomic mass is 19.4. The van der Waals surface area contributed by atoms with Crippen LogP contribution >= 0.6 is 0 Å². The average molecular weight is 349 g/mol. The van der Waals surface area contributed by atoms with E-state index in [4.69, 9.17) is 0 Å². The zero-order valence-electron chi connectivity index (χ0n) is 14.0. The molecule has 7 heteroatoms. The maximum absolute atomic E-state index is 13.3. The van der Waals surface area contributed by atoms with Gasteiger partial charge in [0.2, 0.25) is 0 Å². The van der Waals surface area contributed by atoms with E-state index >= 15 is 0 Å². The first-order valence-corrected chi connectivity index (χ1v) is 7.87. The second kappa shape index (κ2) is 7.51. The Balaban J connectivity index is 2.44. The Morgan fingerprint density at radius 3 is 2.24 bits per heavy atom. The van der Waals surface area contributed by atoms with Crippen LogP contribution in [0.3, 0.4) is 0 Å². The fraction of sp³-hybridized carbons (Fsp3) is 0.389. The molecule has 132 valence electrons. The Hall–Kier alpha value is -2.62. The number of aliphatic imine (C=N–C) groups is 1. The third-order valence-corrected chi connectivity index (χ3v) is 4.07. The van der Waals surface area contributed by atoms with Crippen molar-refractivity contribution < 1.29 is 18.0 Å². The summed E-state index contributed by atoms with van der Waals surface area (Å²) in [5.74, 6) is -1.17. The van der Waals surface area contributed by atoms with Gasteiger partial charge in [-0.2, -0.15) is 18.4 Å². The van der Waals surface area contributed by atoms with Gasteiger partial charge in [-0.1, -0.05) is 29.8 Å². The van der Waals surface area contributed by atoms with Crippen LogP contribution in [0.5, 0.6) is 0 Å². The lowest BCUT2D eigenvalue weighted by atomic mass is 10.1. The molecule has 0 bridgehead atoms. The summed E-state index contributed by atoms with van der Waals surface area (Å²) in [5.41, 5.74) is -0.684. The molecule has 1 aromatic rings. The number of allylic oxidation sites excluding steroid dienone is 1. The van der Waals surface area contributed by atoms with Crippen molar-refractivity contribution in [2.24, 2.45) is 4.99 Å². The summed E-state index contributed by atoms with van der Waals surface area (Å²) in [5, 5.41) is 9.24. The fourth-order valence-electron chi connectivity index (χ4n) is 2.65. The van der Waals surface area contributed by atoms with Crippen molar-refractivity contribution in [1.82, 2.24) is 4.90 Å². The van der Waals surface area contributed by atoms with Gasteiger partial charge < -0.3 is 4.90 Å². The Bertz CT molecular complexity index is 749. The summed E-state index contributed by atoms with van der Waals surface area (Å²) in [6.07, 6.45) is -2.96. The molecule has 0 spiro atoms. The molecular weight excluding hydrogens is 331 g/mol. The van der Waals surface area contributed by atoms with Crippen LogP contribution in [-0.2, 0) is 4.79 Å². The lowest BCUT2D eigenvalue weighted by molar-refractivity contribution is -0.114. The molecule has 0 unspecified atom stereocenters. The van der Waals surface area contributed by atoms with E-state index in [1.807, 2.05) is 4.90 Å². The van der Waals surface area contributed by atoms with E-state index in [2.05, 4.69) is 4.99 Å². The van der Waals surface area contributed by atoms with E-state index in [0.29, 0.717) is 18.8 Å². The number of aryl methyl sites for hydroxylation is 1. The zero-order valence-corrected chi connectivity index (χ0v) is 14.0. The number of hydrogen-bond acceptors (Lipinski definition) is 3. The fourth-order valence-corrected chi connectivity index (χ4v) is 2.65. The molecular formula is C18H18F3N3O. The smallest absolute Gasteiger partial charge is 0.374 e. The van der Waals surface area contributed by atoms with Crippen molar-refractivity contribution in [2.75, 3.05) is 13.1 Å². The van der Waals surface area contributed by atoms with Gasteiger partial charge >= 0.3 is 6.18 Å². The summed E-state index contributed by atoms with van der Waals surface area (Å²) in [6.45, 7) is 4.67. The van der Waals surface area contributed by atoms with E-state index < -0.39 is 17.8 Å². The molecule has 0 atom stereocenters. The number of benzene rings is 1. The SMILES string of the molecule is C/C(=C(\C#N)C(=O)N=C(c1ccc(C)cc1)C(F)(F)F)N1CCCC1. The van der Waals surface area contributed by atoms with Crippen LogP contribution in [0.25, 0.3) is 0 Å². The highest BCUT2D eigenvalue weighted by molar-refractivity contribution is 6.13. The molecule has 0 N–H and O–H groups in total. The van der Waals surface area contributed by atoms with E-state index in [1.54, 1.807) is 19.9 Å². The summed E-state index contributed by atoms with van der Waals surface area (Å²) in [4.78, 5) is 17.4. The molecule has 0 aliphatic carbocycles. The largest absolute Gasteiger partial charge is 0.434 e. The second-order valence-electron chi connectivity index (χ2n) is 5.90. The molecule has 1 fully saturated rings. The number of carbonyl (C=O) groups excluding carboxylic acids is 1. The van der Waals surface area contributed by atoms with Gasteiger partial charge in [0.1, 0.15) is 11.6 Å². The van der Waals surface area contributed by atoms with Crippen molar-refractivity contribution in [3.8, 4) is 6.07 Å². The second-order valence-corrected chi connectivity index (χ2v) is 5.90. The number of rotatable bonds is 3. The van der Waals surface area contributed by atoms with Crippen molar-refractivity contribution in [3.63, 3.8) is 0 Å². The van der Waals surface area contributed by atoms with Crippen molar-refractivity contribution in [2.45, 2.75) is 32.9 Å². The van der Waals surface area contributed by atoms with Crippen LogP contribution in [0.1, 0.15) is 30.9 Å². The Kier molecular flexibility index (Phi) is 5.62. The average Bonchev–Trinajstić information content (AvgIpc) is 3.07. The molecule has 1 heterocycles. The topological polar surface area (TPSA) is 56.5 Å². The number of carbonyl (C=O) groups is 1. The molecule has 4 nitrogen and oxygen atoms in total. The van der Waals surface area contributed by atoms with Gasteiger partial charge in [-0.05, 0) is 26.7 Å². The quantitative estimate of drug-likeness (QED) is 0.474. The molecule has 1 aliphatic rings. The lowest BCUT2D eigenvalue weighted by Gasteiger charge is -2.19. The summed E-state index contributed by atoms with van der Waals surface area (Å²) < 4.78 is 40.0. The first kappa shape index (κ1) is 18.7. The van der Waals surface area contributed by atoms with Crippen LogP contribution in [0, 0.1) is 18.3 Å². The van der Waals surface area contributed by atoms with Gasteiger partial charge in [-0.3, -0.25) is 4.79 Å². The Morgan fingerprint density at radius 2 is 1.76 bits per heavy atom. The molecule has 25 heavy (non-hydrogen) atoms. The number of nitriles is 1. The predicted octanol–water partition coefficient (Wildman–Crippen LogP) is 3.77.